The first kappa shape index (κ1) is 11.8. The van der Waals surface area contributed by atoms with E-state index in [1.165, 1.54) is 7.11 Å². The fraction of sp³-hybridized carbons (Fsp3) is 0.778. The van der Waals surface area contributed by atoms with E-state index in [9.17, 15) is 9.59 Å². The molecule has 0 aromatic rings. The van der Waals surface area contributed by atoms with E-state index in [-0.39, 0.29) is 17.9 Å². The first-order chi connectivity index (χ1) is 7.19. The molecule has 0 bridgehead atoms. The summed E-state index contributed by atoms with van der Waals surface area (Å²) in [7, 11) is 1.34. The van der Waals surface area contributed by atoms with Crippen LogP contribution in [0.15, 0.2) is 0 Å². The Hall–Kier alpha value is -1.30. The predicted molar refractivity (Wildman–Crippen MR) is 53.6 cm³/mol. The number of amides is 2. The number of rotatable bonds is 1. The molecule has 1 heterocycles. The Morgan fingerprint density at radius 2 is 2.20 bits per heavy atom. The van der Waals surface area contributed by atoms with Crippen molar-refractivity contribution in [2.75, 3.05) is 20.2 Å². The van der Waals surface area contributed by atoms with Gasteiger partial charge in [0.15, 0.2) is 0 Å². The van der Waals surface area contributed by atoms with Crippen LogP contribution in [0.4, 0.5) is 4.79 Å². The zero-order valence-corrected chi connectivity index (χ0v) is 8.86. The molecular formula is C9H17N3O3. The molecule has 3 N–H and O–H groups in total. The van der Waals surface area contributed by atoms with E-state index in [1.807, 2.05) is 0 Å². The quantitative estimate of drug-likeness (QED) is 0.362. The Kier molecular flexibility index (Phi) is 4.36. The van der Waals surface area contributed by atoms with Gasteiger partial charge >= 0.3 is 6.09 Å². The van der Waals surface area contributed by atoms with Gasteiger partial charge in [-0.2, -0.15) is 0 Å². The maximum absolute atomic E-state index is 11.4. The Bertz CT molecular complexity index is 221. The summed E-state index contributed by atoms with van der Waals surface area (Å²) in [6.45, 7) is 1.02. The second-order valence-electron chi connectivity index (χ2n) is 3.62. The highest BCUT2D eigenvalue weighted by Gasteiger charge is 2.26. The lowest BCUT2D eigenvalue weighted by atomic mass is 10.0. The number of hydrogen-bond donors (Lipinski definition) is 2. The maximum Gasteiger partial charge on any atom is 0.409 e. The summed E-state index contributed by atoms with van der Waals surface area (Å²) in [6, 6.07) is 0. The van der Waals surface area contributed by atoms with Crippen molar-refractivity contribution in [1.29, 1.82) is 0 Å². The van der Waals surface area contributed by atoms with Crippen molar-refractivity contribution in [3.8, 4) is 0 Å². The predicted octanol–water partition coefficient (Wildman–Crippen LogP) is -0.155. The molecule has 6 heteroatoms. The van der Waals surface area contributed by atoms with Crippen LogP contribution in [0.1, 0.15) is 19.3 Å². The van der Waals surface area contributed by atoms with E-state index >= 15 is 0 Å². The van der Waals surface area contributed by atoms with Crippen molar-refractivity contribution < 1.29 is 14.3 Å². The van der Waals surface area contributed by atoms with Crippen LogP contribution >= 0.6 is 0 Å². The molecule has 0 radical (unpaired) electrons. The van der Waals surface area contributed by atoms with Gasteiger partial charge in [0.25, 0.3) is 0 Å². The highest BCUT2D eigenvalue weighted by molar-refractivity contribution is 5.79. The average molecular weight is 215 g/mol. The topological polar surface area (TPSA) is 84.7 Å². The fourth-order valence-corrected chi connectivity index (χ4v) is 1.77. The summed E-state index contributed by atoms with van der Waals surface area (Å²) in [5, 5.41) is 0. The number of carbonyl (C=O) groups is 2. The fourth-order valence-electron chi connectivity index (χ4n) is 1.77. The van der Waals surface area contributed by atoms with Crippen molar-refractivity contribution >= 4 is 12.0 Å². The number of nitrogens with two attached hydrogens (primary N) is 1. The van der Waals surface area contributed by atoms with Crippen molar-refractivity contribution in [2.45, 2.75) is 19.3 Å². The smallest absolute Gasteiger partial charge is 0.409 e. The van der Waals surface area contributed by atoms with Crippen LogP contribution in [-0.4, -0.2) is 37.1 Å². The molecule has 1 saturated heterocycles. The summed E-state index contributed by atoms with van der Waals surface area (Å²) in [5.74, 6) is 4.63. The number of hydrogen-bond acceptors (Lipinski definition) is 4. The summed E-state index contributed by atoms with van der Waals surface area (Å²) in [6.07, 6.45) is 2.19. The standard InChI is InChI=1S/C9H17N3O3/c1-15-9(14)12-5-3-2-4-7(6-12)8(13)11-10/h7H,2-6,10H2,1H3,(H,11,13). The third-order valence-electron chi connectivity index (χ3n) is 2.62. The van der Waals surface area contributed by atoms with Crippen LogP contribution in [0.5, 0.6) is 0 Å². The third-order valence-corrected chi connectivity index (χ3v) is 2.62. The Labute approximate surface area is 88.7 Å². The lowest BCUT2D eigenvalue weighted by molar-refractivity contribution is -0.125. The Balaban J connectivity index is 2.60. The largest absolute Gasteiger partial charge is 0.453 e. The lowest BCUT2D eigenvalue weighted by Crippen LogP contribution is -2.42. The average Bonchev–Trinajstić information content (AvgIpc) is 2.52. The molecule has 0 saturated carbocycles. The zero-order chi connectivity index (χ0) is 11.3. The molecule has 86 valence electrons. The van der Waals surface area contributed by atoms with Gasteiger partial charge in [-0.3, -0.25) is 10.2 Å². The lowest BCUT2D eigenvalue weighted by Gasteiger charge is -2.21. The molecule has 1 unspecified atom stereocenters. The summed E-state index contributed by atoms with van der Waals surface area (Å²) in [4.78, 5) is 24.2. The highest BCUT2D eigenvalue weighted by atomic mass is 16.5. The van der Waals surface area contributed by atoms with E-state index < -0.39 is 0 Å². The van der Waals surface area contributed by atoms with E-state index in [2.05, 4.69) is 10.2 Å². The van der Waals surface area contributed by atoms with Gasteiger partial charge < -0.3 is 9.64 Å². The van der Waals surface area contributed by atoms with Crippen molar-refractivity contribution in [1.82, 2.24) is 10.3 Å². The van der Waals surface area contributed by atoms with Crippen LogP contribution in [0.2, 0.25) is 0 Å². The van der Waals surface area contributed by atoms with Crippen LogP contribution in [0.25, 0.3) is 0 Å². The number of ether oxygens (including phenoxy) is 1. The van der Waals surface area contributed by atoms with Gasteiger partial charge in [0.2, 0.25) is 5.91 Å². The van der Waals surface area contributed by atoms with Gasteiger partial charge in [-0.05, 0) is 12.8 Å². The van der Waals surface area contributed by atoms with Gasteiger partial charge in [0.05, 0.1) is 13.0 Å². The number of hydrazine groups is 1. The number of methoxy groups -OCH3 is 1. The molecule has 0 aliphatic carbocycles. The summed E-state index contributed by atoms with van der Waals surface area (Å²) >= 11 is 0. The van der Waals surface area contributed by atoms with Crippen molar-refractivity contribution in [3.63, 3.8) is 0 Å². The van der Waals surface area contributed by atoms with Gasteiger partial charge in [-0.25, -0.2) is 10.6 Å². The molecule has 15 heavy (non-hydrogen) atoms. The molecule has 0 aromatic carbocycles. The number of carbonyl (C=O) groups excluding carboxylic acids is 2. The highest BCUT2D eigenvalue weighted by Crippen LogP contribution is 2.16. The zero-order valence-electron chi connectivity index (χ0n) is 8.86. The molecule has 1 atom stereocenters. The molecular weight excluding hydrogens is 198 g/mol. The van der Waals surface area contributed by atoms with E-state index in [0.29, 0.717) is 13.1 Å². The van der Waals surface area contributed by atoms with Gasteiger partial charge in [0.1, 0.15) is 0 Å². The summed E-state index contributed by atoms with van der Waals surface area (Å²) in [5.41, 5.74) is 2.12. The van der Waals surface area contributed by atoms with Crippen LogP contribution in [-0.2, 0) is 9.53 Å². The number of nitrogens with zero attached hydrogens (tertiary/aromatic N) is 1. The first-order valence-electron chi connectivity index (χ1n) is 5.02. The van der Waals surface area contributed by atoms with Gasteiger partial charge in [-0.1, -0.05) is 6.42 Å². The minimum atomic E-state index is -0.383. The monoisotopic (exact) mass is 215 g/mol. The Morgan fingerprint density at radius 3 is 2.80 bits per heavy atom. The van der Waals surface area contributed by atoms with Crippen molar-refractivity contribution in [3.05, 3.63) is 0 Å². The third kappa shape index (κ3) is 3.09. The van der Waals surface area contributed by atoms with Gasteiger partial charge in [-0.15, -0.1) is 0 Å². The maximum atomic E-state index is 11.4. The van der Waals surface area contributed by atoms with E-state index in [1.54, 1.807) is 4.90 Å². The SMILES string of the molecule is COC(=O)N1CCCCC(C(=O)NN)C1. The first-order valence-corrected chi connectivity index (χ1v) is 5.02. The second kappa shape index (κ2) is 5.55. The number of likely N-dealkylation sites (tertiary alicyclic amines) is 1. The normalized spacial score (nSPS) is 21.7. The molecule has 1 aliphatic rings. The molecule has 2 amide bonds. The molecule has 1 rings (SSSR count). The molecule has 1 fully saturated rings. The summed E-state index contributed by atoms with van der Waals surface area (Å²) < 4.78 is 4.63. The minimum Gasteiger partial charge on any atom is -0.453 e. The van der Waals surface area contributed by atoms with Crippen LogP contribution in [0, 0.1) is 5.92 Å². The van der Waals surface area contributed by atoms with Gasteiger partial charge in [0, 0.05) is 13.1 Å². The molecule has 1 aliphatic heterocycles. The van der Waals surface area contributed by atoms with E-state index in [0.717, 1.165) is 19.3 Å². The molecule has 0 aromatic heterocycles. The Morgan fingerprint density at radius 1 is 1.47 bits per heavy atom. The number of nitrogens with one attached hydrogen (secondary N) is 1. The second-order valence-corrected chi connectivity index (χ2v) is 3.62. The van der Waals surface area contributed by atoms with Crippen LogP contribution < -0.4 is 11.3 Å². The molecule has 0 spiro atoms. The van der Waals surface area contributed by atoms with Crippen molar-refractivity contribution in [2.24, 2.45) is 11.8 Å². The van der Waals surface area contributed by atoms with E-state index in [4.69, 9.17) is 5.84 Å². The molecule has 6 nitrogen and oxygen atoms in total. The van der Waals surface area contributed by atoms with Crippen LogP contribution in [0.3, 0.4) is 0 Å². The minimum absolute atomic E-state index is 0.217.